The second kappa shape index (κ2) is 5.11. The van der Waals surface area contributed by atoms with E-state index in [2.05, 4.69) is 15.1 Å². The Balaban J connectivity index is 2.01. The van der Waals surface area contributed by atoms with Crippen LogP contribution in [-0.2, 0) is 6.61 Å². The Morgan fingerprint density at radius 3 is 2.71 bits per heavy atom. The predicted octanol–water partition coefficient (Wildman–Crippen LogP) is 2.59. The molecule has 1 heterocycles. The Hall–Kier alpha value is -2.37. The van der Waals surface area contributed by atoms with Crippen molar-refractivity contribution in [3.05, 3.63) is 52.8 Å². The molecular weight excluding hydrogens is 225 g/mol. The van der Waals surface area contributed by atoms with Gasteiger partial charge in [0.1, 0.15) is 12.4 Å². The molecule has 0 fully saturated rings. The molecular formula is C11H8FN3O2. The number of halogens is 1. The molecule has 0 atom stereocenters. The van der Waals surface area contributed by atoms with Crippen molar-refractivity contribution in [1.82, 2.24) is 9.97 Å². The third kappa shape index (κ3) is 3.04. The van der Waals surface area contributed by atoms with Crippen LogP contribution in [-0.4, -0.2) is 9.97 Å². The van der Waals surface area contributed by atoms with Gasteiger partial charge in [0.15, 0.2) is 0 Å². The summed E-state index contributed by atoms with van der Waals surface area (Å²) in [5.41, 5.74) is 0.777. The van der Waals surface area contributed by atoms with Crippen LogP contribution in [0.15, 0.2) is 41.7 Å². The fourth-order valence-electron chi connectivity index (χ4n) is 1.18. The van der Waals surface area contributed by atoms with Gasteiger partial charge in [-0.3, -0.25) is 0 Å². The first-order valence-corrected chi connectivity index (χ1v) is 4.81. The normalized spacial score (nSPS) is 9.94. The van der Waals surface area contributed by atoms with Crippen LogP contribution in [0.2, 0.25) is 0 Å². The van der Waals surface area contributed by atoms with Gasteiger partial charge >= 0.3 is 6.01 Å². The van der Waals surface area contributed by atoms with Gasteiger partial charge in [-0.25, -0.2) is 9.37 Å². The molecule has 5 nitrogen and oxygen atoms in total. The van der Waals surface area contributed by atoms with E-state index in [1.54, 1.807) is 12.1 Å². The van der Waals surface area contributed by atoms with Crippen LogP contribution >= 0.6 is 0 Å². The van der Waals surface area contributed by atoms with Crippen molar-refractivity contribution in [1.29, 1.82) is 0 Å². The summed E-state index contributed by atoms with van der Waals surface area (Å²) in [7, 11) is 0. The fourth-order valence-corrected chi connectivity index (χ4v) is 1.18. The van der Waals surface area contributed by atoms with E-state index < -0.39 is 0 Å². The Kier molecular flexibility index (Phi) is 3.34. The number of nitroso groups, excluding NO2 is 1. The second-order valence-corrected chi connectivity index (χ2v) is 3.20. The first-order chi connectivity index (χ1) is 8.28. The molecule has 1 aromatic carbocycles. The lowest BCUT2D eigenvalue weighted by molar-refractivity contribution is 0.281. The lowest BCUT2D eigenvalue weighted by atomic mass is 10.2. The van der Waals surface area contributed by atoms with Gasteiger partial charge in [0, 0.05) is 12.3 Å². The highest BCUT2D eigenvalue weighted by Crippen LogP contribution is 2.12. The quantitative estimate of drug-likeness (QED) is 0.761. The highest BCUT2D eigenvalue weighted by molar-refractivity contribution is 5.25. The van der Waals surface area contributed by atoms with Crippen molar-refractivity contribution >= 4 is 5.82 Å². The summed E-state index contributed by atoms with van der Waals surface area (Å²) in [6, 6.07) is 7.30. The monoisotopic (exact) mass is 233 g/mol. The molecule has 0 N–H and O–H groups in total. The van der Waals surface area contributed by atoms with Crippen molar-refractivity contribution in [2.75, 3.05) is 0 Å². The number of hydrogen-bond donors (Lipinski definition) is 0. The molecule has 6 heteroatoms. The minimum atomic E-state index is -0.308. The Labute approximate surface area is 96.3 Å². The van der Waals surface area contributed by atoms with E-state index in [1.165, 1.54) is 24.4 Å². The average molecular weight is 233 g/mol. The van der Waals surface area contributed by atoms with Crippen molar-refractivity contribution in [3.8, 4) is 6.01 Å². The summed E-state index contributed by atoms with van der Waals surface area (Å²) in [6.45, 7) is 0.197. The van der Waals surface area contributed by atoms with Gasteiger partial charge in [-0.15, -0.1) is 4.91 Å². The summed E-state index contributed by atoms with van der Waals surface area (Å²) in [5.74, 6) is -0.300. The van der Waals surface area contributed by atoms with Gasteiger partial charge in [0.2, 0.25) is 5.82 Å². The number of aromatic nitrogens is 2. The minimum absolute atomic E-state index is 0.00843. The summed E-state index contributed by atoms with van der Waals surface area (Å²) < 4.78 is 17.9. The van der Waals surface area contributed by atoms with Crippen LogP contribution in [0.25, 0.3) is 0 Å². The summed E-state index contributed by atoms with van der Waals surface area (Å²) >= 11 is 0. The molecule has 0 bridgehead atoms. The second-order valence-electron chi connectivity index (χ2n) is 3.20. The standard InChI is InChI=1S/C11H8FN3O2/c12-9-3-1-8(2-4-9)7-17-11-13-6-5-10(14-11)15-16/h1-6H,7H2. The Bertz CT molecular complexity index is 516. The van der Waals surface area contributed by atoms with Crippen molar-refractivity contribution in [3.63, 3.8) is 0 Å². The zero-order valence-corrected chi connectivity index (χ0v) is 8.71. The van der Waals surface area contributed by atoms with Gasteiger partial charge in [-0.2, -0.15) is 4.98 Å². The third-order valence-corrected chi connectivity index (χ3v) is 1.99. The number of hydrogen-bond acceptors (Lipinski definition) is 5. The minimum Gasteiger partial charge on any atom is -0.459 e. The van der Waals surface area contributed by atoms with E-state index in [4.69, 9.17) is 4.74 Å². The van der Waals surface area contributed by atoms with E-state index in [-0.39, 0.29) is 24.3 Å². The van der Waals surface area contributed by atoms with E-state index in [0.29, 0.717) is 0 Å². The molecule has 0 aliphatic rings. The zero-order chi connectivity index (χ0) is 12.1. The molecule has 17 heavy (non-hydrogen) atoms. The third-order valence-electron chi connectivity index (χ3n) is 1.99. The maximum atomic E-state index is 12.6. The Morgan fingerprint density at radius 1 is 1.24 bits per heavy atom. The number of rotatable bonds is 4. The van der Waals surface area contributed by atoms with Crippen LogP contribution in [0.3, 0.4) is 0 Å². The maximum absolute atomic E-state index is 12.6. The lowest BCUT2D eigenvalue weighted by Crippen LogP contribution is -1.98. The molecule has 0 saturated heterocycles. The van der Waals surface area contributed by atoms with Gasteiger partial charge in [0.25, 0.3) is 0 Å². The molecule has 0 saturated carbocycles. The molecule has 86 valence electrons. The number of ether oxygens (including phenoxy) is 1. The molecule has 2 aromatic rings. The lowest BCUT2D eigenvalue weighted by Gasteiger charge is -2.03. The molecule has 0 unspecified atom stereocenters. The summed E-state index contributed by atoms with van der Waals surface area (Å²) in [4.78, 5) is 17.8. The molecule has 0 aliphatic heterocycles. The van der Waals surface area contributed by atoms with Crippen LogP contribution in [0.1, 0.15) is 5.56 Å². The topological polar surface area (TPSA) is 64.4 Å². The number of nitrogens with zero attached hydrogens (tertiary/aromatic N) is 3. The number of benzene rings is 1. The van der Waals surface area contributed by atoms with Crippen molar-refractivity contribution in [2.45, 2.75) is 6.61 Å². The molecule has 0 aliphatic carbocycles. The molecule has 0 amide bonds. The van der Waals surface area contributed by atoms with Crippen LogP contribution < -0.4 is 4.74 Å². The Morgan fingerprint density at radius 2 is 2.00 bits per heavy atom. The summed E-state index contributed by atoms with van der Waals surface area (Å²) in [5, 5.41) is 2.67. The smallest absolute Gasteiger partial charge is 0.318 e. The van der Waals surface area contributed by atoms with Gasteiger partial charge in [-0.05, 0) is 22.9 Å². The highest BCUT2D eigenvalue weighted by Gasteiger charge is 2.01. The average Bonchev–Trinajstić information content (AvgIpc) is 2.38. The van der Waals surface area contributed by atoms with Crippen LogP contribution in [0, 0.1) is 10.7 Å². The van der Waals surface area contributed by atoms with Crippen molar-refractivity contribution in [2.24, 2.45) is 5.18 Å². The van der Waals surface area contributed by atoms with E-state index in [1.807, 2.05) is 0 Å². The largest absolute Gasteiger partial charge is 0.459 e. The van der Waals surface area contributed by atoms with Crippen LogP contribution in [0.5, 0.6) is 6.01 Å². The van der Waals surface area contributed by atoms with Crippen molar-refractivity contribution < 1.29 is 9.13 Å². The predicted molar refractivity (Wildman–Crippen MR) is 58.2 cm³/mol. The van der Waals surface area contributed by atoms with E-state index in [9.17, 15) is 9.30 Å². The first-order valence-electron chi connectivity index (χ1n) is 4.81. The highest BCUT2D eigenvalue weighted by atomic mass is 19.1. The van der Waals surface area contributed by atoms with Gasteiger partial charge in [-0.1, -0.05) is 12.1 Å². The fraction of sp³-hybridized carbons (Fsp3) is 0.0909. The molecule has 0 radical (unpaired) electrons. The van der Waals surface area contributed by atoms with Crippen LogP contribution in [0.4, 0.5) is 10.2 Å². The van der Waals surface area contributed by atoms with E-state index in [0.717, 1.165) is 5.56 Å². The first kappa shape index (κ1) is 11.1. The SMILES string of the molecule is O=Nc1ccnc(OCc2ccc(F)cc2)n1. The molecule has 2 rings (SSSR count). The maximum Gasteiger partial charge on any atom is 0.318 e. The molecule has 0 spiro atoms. The van der Waals surface area contributed by atoms with E-state index >= 15 is 0 Å². The van der Waals surface area contributed by atoms with Gasteiger partial charge in [0.05, 0.1) is 0 Å². The molecule has 1 aromatic heterocycles. The summed E-state index contributed by atoms with van der Waals surface area (Å²) in [6.07, 6.45) is 1.38. The van der Waals surface area contributed by atoms with Gasteiger partial charge < -0.3 is 4.74 Å². The zero-order valence-electron chi connectivity index (χ0n) is 8.71.